The van der Waals surface area contributed by atoms with E-state index in [2.05, 4.69) is 5.32 Å². The van der Waals surface area contributed by atoms with Gasteiger partial charge in [-0.3, -0.25) is 9.59 Å². The van der Waals surface area contributed by atoms with Gasteiger partial charge < -0.3 is 15.0 Å². The van der Waals surface area contributed by atoms with E-state index >= 15 is 0 Å². The molecular formula is C19H25FN2O3. The number of carbonyl (C=O) groups is 2. The van der Waals surface area contributed by atoms with Crippen molar-refractivity contribution in [3.8, 4) is 0 Å². The third-order valence-corrected chi connectivity index (χ3v) is 5.06. The summed E-state index contributed by atoms with van der Waals surface area (Å²) in [4.78, 5) is 26.6. The van der Waals surface area contributed by atoms with Crippen LogP contribution in [0.25, 0.3) is 0 Å². The van der Waals surface area contributed by atoms with Crippen molar-refractivity contribution in [2.24, 2.45) is 11.8 Å². The lowest BCUT2D eigenvalue weighted by molar-refractivity contribution is -0.142. The van der Waals surface area contributed by atoms with Crippen molar-refractivity contribution < 1.29 is 18.7 Å². The Kier molecular flexibility index (Phi) is 5.68. The van der Waals surface area contributed by atoms with E-state index in [-0.39, 0.29) is 36.2 Å². The van der Waals surface area contributed by atoms with Gasteiger partial charge in [-0.2, -0.15) is 0 Å². The lowest BCUT2D eigenvalue weighted by Crippen LogP contribution is -2.48. The molecule has 2 aliphatic rings. The number of piperidine rings is 1. The van der Waals surface area contributed by atoms with Crippen LogP contribution in [0.5, 0.6) is 0 Å². The molecule has 1 saturated carbocycles. The van der Waals surface area contributed by atoms with Crippen molar-refractivity contribution in [1.29, 1.82) is 0 Å². The Bertz CT molecular complexity index is 616. The topological polar surface area (TPSA) is 58.6 Å². The van der Waals surface area contributed by atoms with E-state index in [1.807, 2.05) is 0 Å². The van der Waals surface area contributed by atoms with Gasteiger partial charge in [0.15, 0.2) is 0 Å². The van der Waals surface area contributed by atoms with Crippen molar-refractivity contribution in [3.63, 3.8) is 0 Å². The molecule has 0 aromatic heterocycles. The van der Waals surface area contributed by atoms with E-state index in [9.17, 15) is 14.0 Å². The highest BCUT2D eigenvalue weighted by Gasteiger charge is 2.35. The average molecular weight is 348 g/mol. The lowest BCUT2D eigenvalue weighted by atomic mass is 9.88. The molecule has 0 spiro atoms. The fraction of sp³-hybridized carbons (Fsp3) is 0.579. The minimum absolute atomic E-state index is 0.0197. The van der Waals surface area contributed by atoms with Gasteiger partial charge in [-0.15, -0.1) is 0 Å². The first kappa shape index (κ1) is 17.9. The zero-order valence-electron chi connectivity index (χ0n) is 14.5. The summed E-state index contributed by atoms with van der Waals surface area (Å²) in [6, 6.07) is 6.09. The summed E-state index contributed by atoms with van der Waals surface area (Å²) in [5.74, 6) is 0.0184. The van der Waals surface area contributed by atoms with Crippen LogP contribution in [0.15, 0.2) is 24.3 Å². The second kappa shape index (κ2) is 7.95. The van der Waals surface area contributed by atoms with Crippen LogP contribution in [0.3, 0.4) is 0 Å². The van der Waals surface area contributed by atoms with Crippen molar-refractivity contribution in [1.82, 2.24) is 10.2 Å². The number of carbonyl (C=O) groups excluding carboxylic acids is 2. The van der Waals surface area contributed by atoms with Crippen molar-refractivity contribution in [2.75, 3.05) is 26.8 Å². The highest BCUT2D eigenvalue weighted by atomic mass is 19.1. The first-order valence-corrected chi connectivity index (χ1v) is 8.90. The molecule has 1 saturated heterocycles. The van der Waals surface area contributed by atoms with Gasteiger partial charge in [-0.05, 0) is 49.3 Å². The monoisotopic (exact) mass is 348 g/mol. The Hall–Kier alpha value is -1.95. The number of rotatable bonds is 6. The summed E-state index contributed by atoms with van der Waals surface area (Å²) in [7, 11) is 1.48. The van der Waals surface area contributed by atoms with Crippen LogP contribution >= 0.6 is 0 Å². The molecule has 2 atom stereocenters. The number of hydrogen-bond acceptors (Lipinski definition) is 3. The molecular weight excluding hydrogens is 323 g/mol. The summed E-state index contributed by atoms with van der Waals surface area (Å²) < 4.78 is 18.2. The van der Waals surface area contributed by atoms with Gasteiger partial charge in [-0.1, -0.05) is 12.1 Å². The maximum absolute atomic E-state index is 13.2. The second-order valence-corrected chi connectivity index (χ2v) is 7.01. The Morgan fingerprint density at radius 2 is 1.92 bits per heavy atom. The van der Waals surface area contributed by atoms with Gasteiger partial charge >= 0.3 is 0 Å². The zero-order chi connectivity index (χ0) is 17.8. The molecule has 0 unspecified atom stereocenters. The second-order valence-electron chi connectivity index (χ2n) is 7.01. The smallest absolute Gasteiger partial charge is 0.249 e. The van der Waals surface area contributed by atoms with Crippen LogP contribution in [0.2, 0.25) is 0 Å². The molecule has 3 rings (SSSR count). The fourth-order valence-corrected chi connectivity index (χ4v) is 3.41. The molecule has 136 valence electrons. The van der Waals surface area contributed by atoms with Crippen LogP contribution in [0, 0.1) is 17.7 Å². The zero-order valence-corrected chi connectivity index (χ0v) is 14.5. The van der Waals surface area contributed by atoms with E-state index in [1.165, 1.54) is 32.1 Å². The number of hydrogen-bond donors (Lipinski definition) is 1. The van der Waals surface area contributed by atoms with E-state index < -0.39 is 0 Å². The number of halogens is 1. The summed E-state index contributed by atoms with van der Waals surface area (Å²) in [6.07, 6.45) is 3.78. The SMILES string of the molecule is COCC(=O)N1C[C@H](C(=O)NCC2CC2)CC[C@@H]1c1ccc(F)cc1. The van der Waals surface area contributed by atoms with Crippen LogP contribution in [-0.4, -0.2) is 43.5 Å². The van der Waals surface area contributed by atoms with Gasteiger partial charge in [0.2, 0.25) is 11.8 Å². The summed E-state index contributed by atoms with van der Waals surface area (Å²) in [6.45, 7) is 1.09. The quantitative estimate of drug-likeness (QED) is 0.858. The Morgan fingerprint density at radius 1 is 1.20 bits per heavy atom. The number of ether oxygens (including phenoxy) is 1. The average Bonchev–Trinajstić information content (AvgIpc) is 3.44. The summed E-state index contributed by atoms with van der Waals surface area (Å²) >= 11 is 0. The Labute approximate surface area is 147 Å². The van der Waals surface area contributed by atoms with E-state index in [0.717, 1.165) is 18.5 Å². The predicted molar refractivity (Wildman–Crippen MR) is 91.2 cm³/mol. The predicted octanol–water partition coefficient (Wildman–Crippen LogP) is 2.28. The first-order chi connectivity index (χ1) is 12.1. The molecule has 1 aliphatic heterocycles. The molecule has 2 amide bonds. The number of methoxy groups -OCH3 is 1. The standard InChI is InChI=1S/C19H25FN2O3/c1-25-12-18(23)22-11-15(19(24)21-10-13-2-3-13)6-9-17(22)14-4-7-16(20)8-5-14/h4-5,7-8,13,15,17H,2-3,6,9-12H2,1H3,(H,21,24)/t15-,17-/m1/s1. The molecule has 5 nitrogen and oxygen atoms in total. The van der Waals surface area contributed by atoms with E-state index in [4.69, 9.17) is 4.74 Å². The van der Waals surface area contributed by atoms with Crippen molar-refractivity contribution in [3.05, 3.63) is 35.6 Å². The van der Waals surface area contributed by atoms with E-state index in [0.29, 0.717) is 18.9 Å². The molecule has 1 aliphatic carbocycles. The number of nitrogens with zero attached hydrogens (tertiary/aromatic N) is 1. The number of amides is 2. The van der Waals surface area contributed by atoms with Gasteiger partial charge in [0.25, 0.3) is 0 Å². The molecule has 0 radical (unpaired) electrons. The summed E-state index contributed by atoms with van der Waals surface area (Å²) in [5, 5.41) is 3.01. The van der Waals surface area contributed by atoms with Crippen LogP contribution in [-0.2, 0) is 14.3 Å². The maximum Gasteiger partial charge on any atom is 0.249 e. The molecule has 2 fully saturated rings. The van der Waals surface area contributed by atoms with Gasteiger partial charge in [0.1, 0.15) is 12.4 Å². The minimum Gasteiger partial charge on any atom is -0.375 e. The lowest BCUT2D eigenvalue weighted by Gasteiger charge is -2.39. The van der Waals surface area contributed by atoms with Crippen LogP contribution in [0.1, 0.15) is 37.3 Å². The van der Waals surface area contributed by atoms with Crippen molar-refractivity contribution >= 4 is 11.8 Å². The molecule has 0 bridgehead atoms. The minimum atomic E-state index is -0.299. The highest BCUT2D eigenvalue weighted by Crippen LogP contribution is 2.34. The largest absolute Gasteiger partial charge is 0.375 e. The molecule has 1 aromatic carbocycles. The molecule has 1 heterocycles. The molecule has 1 aromatic rings. The molecule has 1 N–H and O–H groups in total. The highest BCUT2D eigenvalue weighted by molar-refractivity contribution is 5.82. The normalized spacial score (nSPS) is 23.4. The van der Waals surface area contributed by atoms with Gasteiger partial charge in [-0.25, -0.2) is 4.39 Å². The molecule has 6 heteroatoms. The third kappa shape index (κ3) is 4.57. The Morgan fingerprint density at radius 3 is 2.56 bits per heavy atom. The van der Waals surface area contributed by atoms with E-state index in [1.54, 1.807) is 17.0 Å². The van der Waals surface area contributed by atoms with Crippen molar-refractivity contribution in [2.45, 2.75) is 31.7 Å². The van der Waals surface area contributed by atoms with Crippen LogP contribution < -0.4 is 5.32 Å². The van der Waals surface area contributed by atoms with Gasteiger partial charge in [0.05, 0.1) is 12.0 Å². The number of likely N-dealkylation sites (tertiary alicyclic amines) is 1. The first-order valence-electron chi connectivity index (χ1n) is 8.90. The summed E-state index contributed by atoms with van der Waals surface area (Å²) in [5.41, 5.74) is 0.891. The third-order valence-electron chi connectivity index (χ3n) is 5.06. The molecule has 25 heavy (non-hydrogen) atoms. The number of nitrogens with one attached hydrogen (secondary N) is 1. The maximum atomic E-state index is 13.2. The fourth-order valence-electron chi connectivity index (χ4n) is 3.41. The van der Waals surface area contributed by atoms with Crippen LogP contribution in [0.4, 0.5) is 4.39 Å². The number of benzene rings is 1. The Balaban J connectivity index is 1.69. The van der Waals surface area contributed by atoms with Gasteiger partial charge in [0, 0.05) is 20.2 Å².